The zero-order valence-corrected chi connectivity index (χ0v) is 11.2. The number of nitrogens with one attached hydrogen (secondary N) is 1. The van der Waals surface area contributed by atoms with Crippen LogP contribution in [-0.2, 0) is 0 Å². The Kier molecular flexibility index (Phi) is 3.86. The van der Waals surface area contributed by atoms with Crippen LogP contribution in [0.4, 0.5) is 4.79 Å². The minimum Gasteiger partial charge on any atom is -0.465 e. The van der Waals surface area contributed by atoms with Crippen molar-refractivity contribution in [3.8, 4) is 0 Å². The molecule has 1 unspecified atom stereocenters. The predicted molar refractivity (Wildman–Crippen MR) is 67.3 cm³/mol. The van der Waals surface area contributed by atoms with E-state index in [1.165, 1.54) is 4.90 Å². The van der Waals surface area contributed by atoms with Crippen molar-refractivity contribution >= 4 is 33.6 Å². The van der Waals surface area contributed by atoms with E-state index >= 15 is 0 Å². The van der Waals surface area contributed by atoms with Gasteiger partial charge < -0.3 is 15.3 Å². The van der Waals surface area contributed by atoms with Gasteiger partial charge in [-0.25, -0.2) is 9.78 Å². The summed E-state index contributed by atoms with van der Waals surface area (Å²) in [6.07, 6.45) is -0.893. The lowest BCUT2D eigenvalue weighted by atomic mass is 10.1. The zero-order valence-electron chi connectivity index (χ0n) is 8.86. The molecule has 1 aromatic heterocycles. The van der Waals surface area contributed by atoms with Gasteiger partial charge in [0, 0.05) is 19.6 Å². The number of amides is 1. The SMILES string of the molecule is O=C(O)N1CCNC(c2cc(Cl)nc(Br)c2)C1. The molecule has 17 heavy (non-hydrogen) atoms. The van der Waals surface area contributed by atoms with Crippen molar-refractivity contribution in [2.24, 2.45) is 0 Å². The van der Waals surface area contributed by atoms with Crippen LogP contribution in [0.25, 0.3) is 0 Å². The van der Waals surface area contributed by atoms with Crippen LogP contribution >= 0.6 is 27.5 Å². The Morgan fingerprint density at radius 2 is 2.41 bits per heavy atom. The first-order chi connectivity index (χ1) is 8.06. The lowest BCUT2D eigenvalue weighted by Gasteiger charge is -2.32. The first-order valence-corrected chi connectivity index (χ1v) is 6.27. The molecule has 1 amide bonds. The average molecular weight is 321 g/mol. The summed E-state index contributed by atoms with van der Waals surface area (Å²) >= 11 is 9.14. The van der Waals surface area contributed by atoms with Gasteiger partial charge in [0.15, 0.2) is 0 Å². The molecule has 1 aliphatic heterocycles. The molecular formula is C10H11BrClN3O2. The molecule has 1 atom stereocenters. The topological polar surface area (TPSA) is 65.5 Å². The van der Waals surface area contributed by atoms with Crippen LogP contribution in [0.1, 0.15) is 11.6 Å². The Hall–Kier alpha value is -0.850. The van der Waals surface area contributed by atoms with Crippen LogP contribution in [0.3, 0.4) is 0 Å². The Morgan fingerprint density at radius 3 is 3.06 bits per heavy atom. The van der Waals surface area contributed by atoms with Gasteiger partial charge in [-0.1, -0.05) is 11.6 Å². The van der Waals surface area contributed by atoms with Crippen LogP contribution in [-0.4, -0.2) is 40.7 Å². The maximum Gasteiger partial charge on any atom is 0.407 e. The van der Waals surface area contributed by atoms with Gasteiger partial charge in [0.05, 0.1) is 6.04 Å². The van der Waals surface area contributed by atoms with Gasteiger partial charge in [-0.3, -0.25) is 0 Å². The molecule has 2 heterocycles. The van der Waals surface area contributed by atoms with E-state index in [4.69, 9.17) is 16.7 Å². The summed E-state index contributed by atoms with van der Waals surface area (Å²) < 4.78 is 0.647. The smallest absolute Gasteiger partial charge is 0.407 e. The minimum absolute atomic E-state index is 0.0448. The largest absolute Gasteiger partial charge is 0.465 e. The van der Waals surface area contributed by atoms with E-state index in [9.17, 15) is 4.79 Å². The Morgan fingerprint density at radius 1 is 1.65 bits per heavy atom. The number of piperazine rings is 1. The summed E-state index contributed by atoms with van der Waals surface area (Å²) in [6, 6.07) is 3.54. The van der Waals surface area contributed by atoms with Gasteiger partial charge in [-0.2, -0.15) is 0 Å². The molecule has 5 nitrogen and oxygen atoms in total. The average Bonchev–Trinajstić information content (AvgIpc) is 2.28. The highest BCUT2D eigenvalue weighted by Crippen LogP contribution is 2.23. The van der Waals surface area contributed by atoms with Gasteiger partial charge >= 0.3 is 6.09 Å². The molecule has 1 aromatic rings. The van der Waals surface area contributed by atoms with Gasteiger partial charge in [0.25, 0.3) is 0 Å². The van der Waals surface area contributed by atoms with E-state index in [1.54, 1.807) is 6.07 Å². The third-order valence-electron chi connectivity index (χ3n) is 2.63. The molecule has 0 radical (unpaired) electrons. The van der Waals surface area contributed by atoms with Gasteiger partial charge in [0.1, 0.15) is 9.76 Å². The first-order valence-electron chi connectivity index (χ1n) is 5.10. The summed E-state index contributed by atoms with van der Waals surface area (Å²) in [5.41, 5.74) is 0.933. The molecule has 1 aliphatic rings. The molecule has 7 heteroatoms. The van der Waals surface area contributed by atoms with Crippen molar-refractivity contribution in [1.29, 1.82) is 0 Å². The van der Waals surface area contributed by atoms with Crippen molar-refractivity contribution in [2.75, 3.05) is 19.6 Å². The lowest BCUT2D eigenvalue weighted by Crippen LogP contribution is -2.47. The summed E-state index contributed by atoms with van der Waals surface area (Å²) in [6.45, 7) is 1.56. The highest BCUT2D eigenvalue weighted by Gasteiger charge is 2.24. The fourth-order valence-electron chi connectivity index (χ4n) is 1.83. The number of carbonyl (C=O) groups is 1. The quantitative estimate of drug-likeness (QED) is 0.778. The van der Waals surface area contributed by atoms with E-state index in [0.717, 1.165) is 5.56 Å². The van der Waals surface area contributed by atoms with E-state index in [1.807, 2.05) is 6.07 Å². The summed E-state index contributed by atoms with van der Waals surface area (Å²) in [4.78, 5) is 16.3. The van der Waals surface area contributed by atoms with Crippen LogP contribution in [0.5, 0.6) is 0 Å². The van der Waals surface area contributed by atoms with Gasteiger partial charge in [-0.15, -0.1) is 0 Å². The van der Waals surface area contributed by atoms with E-state index < -0.39 is 6.09 Å². The van der Waals surface area contributed by atoms with Gasteiger partial charge in [0.2, 0.25) is 0 Å². The van der Waals surface area contributed by atoms with Crippen LogP contribution < -0.4 is 5.32 Å². The van der Waals surface area contributed by atoms with Gasteiger partial charge in [-0.05, 0) is 33.6 Å². The van der Waals surface area contributed by atoms with E-state index in [-0.39, 0.29) is 6.04 Å². The monoisotopic (exact) mass is 319 g/mol. The van der Waals surface area contributed by atoms with Crippen LogP contribution in [0.2, 0.25) is 5.15 Å². The first kappa shape index (κ1) is 12.6. The maximum absolute atomic E-state index is 10.9. The predicted octanol–water partition coefficient (Wildman–Crippen LogP) is 2.12. The summed E-state index contributed by atoms with van der Waals surface area (Å²) in [7, 11) is 0. The number of nitrogens with zero attached hydrogens (tertiary/aromatic N) is 2. The maximum atomic E-state index is 10.9. The summed E-state index contributed by atoms with van der Waals surface area (Å²) in [5, 5.41) is 12.6. The molecule has 0 aliphatic carbocycles. The van der Waals surface area contributed by atoms with Crippen molar-refractivity contribution in [3.63, 3.8) is 0 Å². The van der Waals surface area contributed by atoms with Crippen molar-refractivity contribution < 1.29 is 9.90 Å². The number of hydrogen-bond acceptors (Lipinski definition) is 3. The highest BCUT2D eigenvalue weighted by atomic mass is 79.9. The number of rotatable bonds is 1. The van der Waals surface area contributed by atoms with Crippen LogP contribution in [0.15, 0.2) is 16.7 Å². The molecule has 0 spiro atoms. The molecule has 92 valence electrons. The number of pyridine rings is 1. The van der Waals surface area contributed by atoms with E-state index in [0.29, 0.717) is 29.4 Å². The van der Waals surface area contributed by atoms with Crippen molar-refractivity contribution in [3.05, 3.63) is 27.5 Å². The minimum atomic E-state index is -0.893. The third kappa shape index (κ3) is 3.08. The number of hydrogen-bond donors (Lipinski definition) is 2. The normalized spacial score (nSPS) is 20.4. The standard InChI is InChI=1S/C10H11BrClN3O2/c11-8-3-6(4-9(12)14-8)7-5-15(10(16)17)2-1-13-7/h3-4,7,13H,1-2,5H2,(H,16,17). The fraction of sp³-hybridized carbons (Fsp3) is 0.400. The van der Waals surface area contributed by atoms with Crippen LogP contribution in [0, 0.1) is 0 Å². The Balaban J connectivity index is 2.18. The molecule has 1 saturated heterocycles. The highest BCUT2D eigenvalue weighted by molar-refractivity contribution is 9.10. The lowest BCUT2D eigenvalue weighted by molar-refractivity contribution is 0.129. The fourth-order valence-corrected chi connectivity index (χ4v) is 2.61. The molecule has 2 N–H and O–H groups in total. The third-order valence-corrected chi connectivity index (χ3v) is 3.23. The Labute approximate surface area is 112 Å². The number of aromatic nitrogens is 1. The molecular weight excluding hydrogens is 309 g/mol. The van der Waals surface area contributed by atoms with Crippen molar-refractivity contribution in [1.82, 2.24) is 15.2 Å². The second-order valence-electron chi connectivity index (χ2n) is 3.78. The zero-order chi connectivity index (χ0) is 12.4. The molecule has 0 saturated carbocycles. The number of halogens is 2. The molecule has 0 aromatic carbocycles. The molecule has 0 bridgehead atoms. The second-order valence-corrected chi connectivity index (χ2v) is 4.98. The number of carboxylic acid groups (broad SMARTS) is 1. The summed E-state index contributed by atoms with van der Waals surface area (Å²) in [5.74, 6) is 0. The molecule has 1 fully saturated rings. The second kappa shape index (κ2) is 5.20. The van der Waals surface area contributed by atoms with Crippen molar-refractivity contribution in [2.45, 2.75) is 6.04 Å². The Bertz CT molecular complexity index is 423. The molecule has 2 rings (SSSR count). The van der Waals surface area contributed by atoms with E-state index in [2.05, 4.69) is 26.2 Å².